The molecule has 0 aliphatic carbocycles. The summed E-state index contributed by atoms with van der Waals surface area (Å²) in [5.74, 6) is 0.952. The van der Waals surface area contributed by atoms with Crippen molar-refractivity contribution in [2.75, 3.05) is 5.43 Å². The van der Waals surface area contributed by atoms with Gasteiger partial charge < -0.3 is 5.11 Å². The van der Waals surface area contributed by atoms with Crippen molar-refractivity contribution in [3.05, 3.63) is 47.4 Å². The molecular formula is C19H26N4O. The fraction of sp³-hybridized carbons (Fsp3) is 0.421. The second-order valence-electron chi connectivity index (χ2n) is 7.93. The Morgan fingerprint density at radius 3 is 2.04 bits per heavy atom. The molecule has 24 heavy (non-hydrogen) atoms. The number of nitrogens with one attached hydrogen (secondary N) is 1. The van der Waals surface area contributed by atoms with Gasteiger partial charge in [-0.25, -0.2) is 4.98 Å². The maximum atomic E-state index is 10.7. The minimum Gasteiger partial charge on any atom is -0.507 e. The Kier molecular flexibility index (Phi) is 4.92. The zero-order chi connectivity index (χ0) is 18.0. The molecule has 2 rings (SSSR count). The van der Waals surface area contributed by atoms with Gasteiger partial charge in [-0.15, -0.1) is 0 Å². The lowest BCUT2D eigenvalue weighted by Gasteiger charge is -2.27. The molecule has 5 heteroatoms. The lowest BCUT2D eigenvalue weighted by molar-refractivity contribution is 0.423. The smallest absolute Gasteiger partial charge is 0.164 e. The van der Waals surface area contributed by atoms with Crippen LogP contribution in [0.5, 0.6) is 5.75 Å². The molecule has 0 saturated carbocycles. The first-order valence-corrected chi connectivity index (χ1v) is 8.02. The van der Waals surface area contributed by atoms with Crippen LogP contribution in [0.1, 0.15) is 58.2 Å². The van der Waals surface area contributed by atoms with Crippen molar-refractivity contribution >= 4 is 12.0 Å². The van der Waals surface area contributed by atoms with Crippen LogP contribution in [0.15, 0.2) is 35.8 Å². The van der Waals surface area contributed by atoms with Gasteiger partial charge in [-0.05, 0) is 28.5 Å². The second-order valence-corrected chi connectivity index (χ2v) is 7.93. The normalized spacial score (nSPS) is 12.6. The average molecular weight is 326 g/mol. The fourth-order valence-electron chi connectivity index (χ4n) is 2.40. The molecule has 0 aliphatic rings. The zero-order valence-corrected chi connectivity index (χ0v) is 15.3. The molecule has 0 bridgehead atoms. The first kappa shape index (κ1) is 17.9. The van der Waals surface area contributed by atoms with Crippen LogP contribution in [-0.2, 0) is 10.8 Å². The third kappa shape index (κ3) is 4.31. The molecule has 0 atom stereocenters. The van der Waals surface area contributed by atoms with Gasteiger partial charge in [0.2, 0.25) is 0 Å². The molecule has 1 aromatic carbocycles. The topological polar surface area (TPSA) is 70.4 Å². The third-order valence-corrected chi connectivity index (χ3v) is 3.70. The van der Waals surface area contributed by atoms with Crippen molar-refractivity contribution in [3.8, 4) is 5.75 Å². The van der Waals surface area contributed by atoms with Crippen molar-refractivity contribution in [2.45, 2.75) is 52.4 Å². The van der Waals surface area contributed by atoms with Gasteiger partial charge in [0.1, 0.15) is 5.75 Å². The van der Waals surface area contributed by atoms with Crippen LogP contribution in [0, 0.1) is 0 Å². The Labute approximate surface area is 143 Å². The van der Waals surface area contributed by atoms with E-state index in [1.807, 2.05) is 12.1 Å². The summed E-state index contributed by atoms with van der Waals surface area (Å²) < 4.78 is 0. The lowest BCUT2D eigenvalue weighted by atomic mass is 9.78. The van der Waals surface area contributed by atoms with E-state index < -0.39 is 0 Å². The summed E-state index contributed by atoms with van der Waals surface area (Å²) >= 11 is 0. The van der Waals surface area contributed by atoms with Crippen LogP contribution in [0.3, 0.4) is 0 Å². The number of hydrogen-bond acceptors (Lipinski definition) is 5. The number of rotatable bonds is 3. The number of phenolic OH excluding ortho intramolecular Hbond substituents is 1. The highest BCUT2D eigenvalue weighted by Crippen LogP contribution is 2.39. The third-order valence-electron chi connectivity index (χ3n) is 3.70. The number of hydrogen-bond donors (Lipinski definition) is 2. The monoisotopic (exact) mass is 326 g/mol. The number of hydrazone groups is 1. The Morgan fingerprint density at radius 2 is 1.58 bits per heavy atom. The van der Waals surface area contributed by atoms with Gasteiger partial charge in [0.05, 0.1) is 12.4 Å². The summed E-state index contributed by atoms with van der Waals surface area (Å²) in [5.41, 5.74) is 5.29. The molecule has 0 radical (unpaired) electrons. The zero-order valence-electron chi connectivity index (χ0n) is 15.3. The molecule has 1 heterocycles. The van der Waals surface area contributed by atoms with Crippen LogP contribution in [-0.4, -0.2) is 21.3 Å². The van der Waals surface area contributed by atoms with Crippen LogP contribution < -0.4 is 5.43 Å². The van der Waals surface area contributed by atoms with E-state index in [1.165, 1.54) is 0 Å². The van der Waals surface area contributed by atoms with E-state index in [9.17, 15) is 5.11 Å². The van der Waals surface area contributed by atoms with E-state index in [0.717, 1.165) is 16.7 Å². The van der Waals surface area contributed by atoms with E-state index in [0.29, 0.717) is 11.6 Å². The van der Waals surface area contributed by atoms with Gasteiger partial charge >= 0.3 is 0 Å². The van der Waals surface area contributed by atoms with Gasteiger partial charge in [-0.1, -0.05) is 41.5 Å². The average Bonchev–Trinajstić information content (AvgIpc) is 2.47. The highest BCUT2D eigenvalue weighted by atomic mass is 16.3. The minimum atomic E-state index is -0.160. The predicted octanol–water partition coefficient (Wildman–Crippen LogP) is 4.22. The Hall–Kier alpha value is -2.43. The van der Waals surface area contributed by atoms with Crippen molar-refractivity contribution in [2.24, 2.45) is 5.10 Å². The number of aromatic nitrogens is 2. The van der Waals surface area contributed by atoms with Crippen LogP contribution in [0.25, 0.3) is 0 Å². The summed E-state index contributed by atoms with van der Waals surface area (Å²) in [6, 6.07) is 3.96. The van der Waals surface area contributed by atoms with E-state index >= 15 is 0 Å². The molecule has 0 fully saturated rings. The summed E-state index contributed by atoms with van der Waals surface area (Å²) in [6.07, 6.45) is 6.56. The number of benzene rings is 1. The summed E-state index contributed by atoms with van der Waals surface area (Å²) in [4.78, 5) is 8.09. The SMILES string of the molecule is CC(C)(C)c1cc(C=NNc2cnccn2)cc(C(C)(C)C)c1O. The van der Waals surface area contributed by atoms with Gasteiger partial charge in [0.25, 0.3) is 0 Å². The first-order chi connectivity index (χ1) is 11.1. The van der Waals surface area contributed by atoms with Crippen molar-refractivity contribution < 1.29 is 5.11 Å². The maximum Gasteiger partial charge on any atom is 0.164 e. The van der Waals surface area contributed by atoms with E-state index in [-0.39, 0.29) is 10.8 Å². The Balaban J connectivity index is 2.39. The molecule has 1 aromatic heterocycles. The fourth-order valence-corrected chi connectivity index (χ4v) is 2.40. The maximum absolute atomic E-state index is 10.7. The van der Waals surface area contributed by atoms with Gasteiger partial charge in [-0.3, -0.25) is 10.4 Å². The predicted molar refractivity (Wildman–Crippen MR) is 98.8 cm³/mol. The largest absolute Gasteiger partial charge is 0.507 e. The van der Waals surface area contributed by atoms with Crippen LogP contribution in [0.2, 0.25) is 0 Å². The number of aromatic hydroxyl groups is 1. The molecule has 0 saturated heterocycles. The van der Waals surface area contributed by atoms with Crippen LogP contribution >= 0.6 is 0 Å². The van der Waals surface area contributed by atoms with Gasteiger partial charge in [0, 0.05) is 23.5 Å². The highest BCUT2D eigenvalue weighted by molar-refractivity contribution is 5.82. The van der Waals surface area contributed by atoms with Crippen molar-refractivity contribution in [3.63, 3.8) is 0 Å². The Bertz CT molecular complexity index is 690. The Morgan fingerprint density at radius 1 is 1.00 bits per heavy atom. The first-order valence-electron chi connectivity index (χ1n) is 8.02. The molecule has 0 amide bonds. The van der Waals surface area contributed by atoms with E-state index in [4.69, 9.17) is 0 Å². The van der Waals surface area contributed by atoms with Crippen LogP contribution in [0.4, 0.5) is 5.82 Å². The summed E-state index contributed by atoms with van der Waals surface area (Å²) in [6.45, 7) is 12.5. The van der Waals surface area contributed by atoms with Gasteiger partial charge in [0.15, 0.2) is 5.82 Å². The highest BCUT2D eigenvalue weighted by Gasteiger charge is 2.26. The molecular weight excluding hydrogens is 300 g/mol. The van der Waals surface area contributed by atoms with Gasteiger partial charge in [-0.2, -0.15) is 5.10 Å². The number of phenols is 1. The number of nitrogens with zero attached hydrogens (tertiary/aromatic N) is 3. The summed E-state index contributed by atoms with van der Waals surface area (Å²) in [5, 5.41) is 14.9. The molecule has 0 unspecified atom stereocenters. The van der Waals surface area contributed by atoms with Crippen molar-refractivity contribution in [1.29, 1.82) is 0 Å². The molecule has 128 valence electrons. The molecule has 0 aliphatic heterocycles. The van der Waals surface area contributed by atoms with Crippen molar-refractivity contribution in [1.82, 2.24) is 9.97 Å². The standard InChI is InChI=1S/C19H26N4O/c1-18(2,3)14-9-13(10-15(17(14)24)19(4,5)6)11-22-23-16-12-20-7-8-21-16/h7-12,24H,1-6H3,(H,21,23). The molecule has 0 spiro atoms. The molecule has 2 N–H and O–H groups in total. The quantitative estimate of drug-likeness (QED) is 0.654. The summed E-state index contributed by atoms with van der Waals surface area (Å²) in [7, 11) is 0. The number of anilines is 1. The molecule has 2 aromatic rings. The minimum absolute atomic E-state index is 0.160. The lowest BCUT2D eigenvalue weighted by Crippen LogP contribution is -2.18. The van der Waals surface area contributed by atoms with E-state index in [1.54, 1.807) is 24.8 Å². The molecule has 5 nitrogen and oxygen atoms in total. The van der Waals surface area contributed by atoms with E-state index in [2.05, 4.69) is 62.0 Å². The second kappa shape index (κ2) is 6.59.